The Kier molecular flexibility index (Phi) is 4.54. The predicted molar refractivity (Wildman–Crippen MR) is 72.3 cm³/mol. The van der Waals surface area contributed by atoms with E-state index in [1.807, 2.05) is 0 Å². The van der Waals surface area contributed by atoms with Crippen LogP contribution in [0.4, 0.5) is 0 Å². The van der Waals surface area contributed by atoms with Crippen LogP contribution in [0.25, 0.3) is 0 Å². The molecular weight excluding hydrogens is 282 g/mol. The van der Waals surface area contributed by atoms with Gasteiger partial charge >= 0.3 is 0 Å². The first-order valence-electron chi connectivity index (χ1n) is 6.33. The summed E-state index contributed by atoms with van der Waals surface area (Å²) in [6.07, 6.45) is -0.472. The molecule has 20 heavy (non-hydrogen) atoms. The number of nitrogens with one attached hydrogen (secondary N) is 1. The molecule has 110 valence electrons. The lowest BCUT2D eigenvalue weighted by Crippen LogP contribution is -2.44. The van der Waals surface area contributed by atoms with Crippen LogP contribution in [0.15, 0.2) is 29.2 Å². The fraction of sp³-hybridized carbons (Fsp3) is 0.462. The van der Waals surface area contributed by atoms with Crippen molar-refractivity contribution in [2.75, 3.05) is 19.7 Å². The third-order valence-electron chi connectivity index (χ3n) is 3.35. The number of rotatable bonds is 4. The molecule has 1 saturated heterocycles. The molecule has 0 aliphatic carbocycles. The molecule has 2 atom stereocenters. The van der Waals surface area contributed by atoms with Crippen LogP contribution in [0.2, 0.25) is 0 Å². The van der Waals surface area contributed by atoms with Crippen molar-refractivity contribution in [2.45, 2.75) is 23.8 Å². The molecule has 2 N–H and O–H groups in total. The van der Waals surface area contributed by atoms with E-state index in [9.17, 15) is 13.2 Å². The first-order valence-corrected chi connectivity index (χ1v) is 7.77. The van der Waals surface area contributed by atoms with Gasteiger partial charge in [-0.25, -0.2) is 0 Å². The first-order chi connectivity index (χ1) is 9.39. The van der Waals surface area contributed by atoms with Crippen molar-refractivity contribution in [2.24, 2.45) is 0 Å². The predicted octanol–water partition coefficient (Wildman–Crippen LogP) is 0.594. The van der Waals surface area contributed by atoms with E-state index in [0.717, 1.165) is 6.54 Å². The molecule has 2 rings (SSSR count). The molecule has 1 aromatic rings. The minimum atomic E-state index is -4.21. The third-order valence-corrected chi connectivity index (χ3v) is 4.22. The lowest BCUT2D eigenvalue weighted by Gasteiger charge is -2.25. The topological polar surface area (TPSA) is 92.7 Å². The standard InChI is InChI=1S/C13H17NO5S/c1-9(13(15)12-8-14-6-7-19-12)10-2-4-11(5-3-10)20(16,17)18/h2-5,9,12,14H,6-8H2,1H3,(H,16,17,18). The summed E-state index contributed by atoms with van der Waals surface area (Å²) in [6.45, 7) is 3.49. The maximum absolute atomic E-state index is 12.2. The summed E-state index contributed by atoms with van der Waals surface area (Å²) in [4.78, 5) is 12.1. The zero-order valence-electron chi connectivity index (χ0n) is 11.1. The van der Waals surface area contributed by atoms with Crippen molar-refractivity contribution >= 4 is 15.9 Å². The van der Waals surface area contributed by atoms with Crippen molar-refractivity contribution in [3.63, 3.8) is 0 Å². The Morgan fingerprint density at radius 2 is 2.05 bits per heavy atom. The number of benzene rings is 1. The minimum absolute atomic E-state index is 0.0446. The summed E-state index contributed by atoms with van der Waals surface area (Å²) in [5, 5.41) is 3.09. The van der Waals surface area contributed by atoms with Gasteiger partial charge in [-0.05, 0) is 17.7 Å². The molecular formula is C13H17NO5S. The minimum Gasteiger partial charge on any atom is -0.368 e. The number of carbonyl (C=O) groups is 1. The quantitative estimate of drug-likeness (QED) is 0.791. The normalized spacial score (nSPS) is 21.4. The molecule has 0 bridgehead atoms. The van der Waals surface area contributed by atoms with Crippen molar-refractivity contribution in [3.8, 4) is 0 Å². The summed E-state index contributed by atoms with van der Waals surface area (Å²) in [5.74, 6) is -0.438. The molecule has 1 aliphatic rings. The second-order valence-corrected chi connectivity index (χ2v) is 6.15. The van der Waals surface area contributed by atoms with Crippen LogP contribution < -0.4 is 5.32 Å². The number of Topliss-reactive ketones (excluding diaryl/α,β-unsaturated/α-hetero) is 1. The molecule has 1 fully saturated rings. The van der Waals surface area contributed by atoms with E-state index in [1.165, 1.54) is 24.3 Å². The van der Waals surface area contributed by atoms with Crippen LogP contribution in [0, 0.1) is 0 Å². The van der Waals surface area contributed by atoms with Gasteiger partial charge in [0, 0.05) is 19.0 Å². The number of carbonyl (C=O) groups excluding carboxylic acids is 1. The van der Waals surface area contributed by atoms with Gasteiger partial charge in [-0.1, -0.05) is 19.1 Å². The van der Waals surface area contributed by atoms with E-state index in [0.29, 0.717) is 18.7 Å². The van der Waals surface area contributed by atoms with Gasteiger partial charge in [-0.3, -0.25) is 9.35 Å². The maximum Gasteiger partial charge on any atom is 0.294 e. The highest BCUT2D eigenvalue weighted by atomic mass is 32.2. The monoisotopic (exact) mass is 299 g/mol. The van der Waals surface area contributed by atoms with Crippen LogP contribution in [-0.4, -0.2) is 44.6 Å². The van der Waals surface area contributed by atoms with Crippen molar-refractivity contribution in [1.29, 1.82) is 0 Å². The number of morpholine rings is 1. The van der Waals surface area contributed by atoms with Gasteiger partial charge in [0.25, 0.3) is 10.1 Å². The number of hydrogen-bond donors (Lipinski definition) is 2. The van der Waals surface area contributed by atoms with Crippen LogP contribution in [0.5, 0.6) is 0 Å². The average Bonchev–Trinajstić information content (AvgIpc) is 2.46. The molecule has 1 aromatic carbocycles. The Morgan fingerprint density at radius 1 is 1.40 bits per heavy atom. The number of ether oxygens (including phenoxy) is 1. The molecule has 7 heteroatoms. The second kappa shape index (κ2) is 6.01. The van der Waals surface area contributed by atoms with Gasteiger partial charge in [0.2, 0.25) is 0 Å². The van der Waals surface area contributed by atoms with Crippen LogP contribution in [0.1, 0.15) is 18.4 Å². The molecule has 1 aliphatic heterocycles. The summed E-state index contributed by atoms with van der Waals surface area (Å²) in [6, 6.07) is 5.63. The van der Waals surface area contributed by atoms with Crippen molar-refractivity contribution in [3.05, 3.63) is 29.8 Å². The molecule has 0 spiro atoms. The van der Waals surface area contributed by atoms with Crippen LogP contribution in [-0.2, 0) is 19.6 Å². The fourth-order valence-corrected chi connectivity index (χ4v) is 2.60. The van der Waals surface area contributed by atoms with E-state index in [2.05, 4.69) is 5.32 Å². The Labute approximate surface area is 117 Å². The lowest BCUT2D eigenvalue weighted by atomic mass is 9.93. The molecule has 2 unspecified atom stereocenters. The van der Waals surface area contributed by atoms with Gasteiger partial charge in [-0.2, -0.15) is 8.42 Å². The summed E-state index contributed by atoms with van der Waals surface area (Å²) >= 11 is 0. The largest absolute Gasteiger partial charge is 0.368 e. The van der Waals surface area contributed by atoms with E-state index in [1.54, 1.807) is 6.92 Å². The van der Waals surface area contributed by atoms with E-state index in [-0.39, 0.29) is 10.7 Å². The highest BCUT2D eigenvalue weighted by Crippen LogP contribution is 2.21. The van der Waals surface area contributed by atoms with Gasteiger partial charge < -0.3 is 10.1 Å². The molecule has 1 heterocycles. The Hall–Kier alpha value is -1.28. The Morgan fingerprint density at radius 3 is 2.55 bits per heavy atom. The molecule has 6 nitrogen and oxygen atoms in total. The maximum atomic E-state index is 12.2. The van der Waals surface area contributed by atoms with E-state index < -0.39 is 22.1 Å². The zero-order valence-corrected chi connectivity index (χ0v) is 11.9. The molecule has 0 aromatic heterocycles. The molecule has 0 radical (unpaired) electrons. The molecule has 0 saturated carbocycles. The fourth-order valence-electron chi connectivity index (χ4n) is 2.12. The Balaban J connectivity index is 2.12. The summed E-state index contributed by atoms with van der Waals surface area (Å²) < 4.78 is 36.2. The van der Waals surface area contributed by atoms with Gasteiger partial charge in [0.15, 0.2) is 5.78 Å². The highest BCUT2D eigenvalue weighted by Gasteiger charge is 2.27. The summed E-state index contributed by atoms with van der Waals surface area (Å²) in [7, 11) is -4.21. The molecule has 0 amide bonds. The van der Waals surface area contributed by atoms with Crippen molar-refractivity contribution in [1.82, 2.24) is 5.32 Å². The Bertz CT molecular complexity index is 575. The lowest BCUT2D eigenvalue weighted by molar-refractivity contribution is -0.133. The van der Waals surface area contributed by atoms with E-state index in [4.69, 9.17) is 9.29 Å². The van der Waals surface area contributed by atoms with Crippen LogP contribution in [0.3, 0.4) is 0 Å². The van der Waals surface area contributed by atoms with Gasteiger partial charge in [0.05, 0.1) is 11.5 Å². The second-order valence-electron chi connectivity index (χ2n) is 4.73. The van der Waals surface area contributed by atoms with Crippen LogP contribution >= 0.6 is 0 Å². The third kappa shape index (κ3) is 3.43. The highest BCUT2D eigenvalue weighted by molar-refractivity contribution is 7.85. The van der Waals surface area contributed by atoms with Gasteiger partial charge in [0.1, 0.15) is 6.10 Å². The van der Waals surface area contributed by atoms with Crippen molar-refractivity contribution < 1.29 is 22.5 Å². The smallest absolute Gasteiger partial charge is 0.294 e. The zero-order chi connectivity index (χ0) is 14.8. The summed E-state index contributed by atoms with van der Waals surface area (Å²) in [5.41, 5.74) is 0.691. The number of ketones is 1. The number of hydrogen-bond acceptors (Lipinski definition) is 5. The SMILES string of the molecule is CC(C(=O)C1CNCCO1)c1ccc(S(=O)(=O)O)cc1. The first kappa shape index (κ1) is 15.1. The van der Waals surface area contributed by atoms with E-state index >= 15 is 0 Å². The van der Waals surface area contributed by atoms with Gasteiger partial charge in [-0.15, -0.1) is 0 Å². The average molecular weight is 299 g/mol.